The SMILES string of the molecule is CN(C)C1(CC(=O)Nc2cccc(C(F)(F)F)c2)CCN(Cc2ccccc2)CC1. The van der Waals surface area contributed by atoms with Crippen LogP contribution in [0.5, 0.6) is 0 Å². The predicted molar refractivity (Wildman–Crippen MR) is 112 cm³/mol. The second-order valence-electron chi connectivity index (χ2n) is 8.18. The minimum Gasteiger partial charge on any atom is -0.326 e. The molecule has 1 N–H and O–H groups in total. The zero-order valence-electron chi connectivity index (χ0n) is 17.4. The number of amides is 1. The van der Waals surface area contributed by atoms with Gasteiger partial charge in [-0.3, -0.25) is 9.69 Å². The Kier molecular flexibility index (Phi) is 6.83. The number of carbonyl (C=O) groups excluding carboxylic acids is 1. The fourth-order valence-corrected chi connectivity index (χ4v) is 4.03. The van der Waals surface area contributed by atoms with Gasteiger partial charge in [0, 0.05) is 37.3 Å². The summed E-state index contributed by atoms with van der Waals surface area (Å²) in [7, 11) is 3.93. The van der Waals surface area contributed by atoms with Crippen molar-refractivity contribution < 1.29 is 18.0 Å². The first kappa shape index (κ1) is 22.3. The number of likely N-dealkylation sites (tertiary alicyclic amines) is 1. The van der Waals surface area contributed by atoms with Crippen LogP contribution >= 0.6 is 0 Å². The number of anilines is 1. The second-order valence-corrected chi connectivity index (χ2v) is 8.18. The number of piperidine rings is 1. The van der Waals surface area contributed by atoms with E-state index in [1.807, 2.05) is 32.3 Å². The molecule has 4 nitrogen and oxygen atoms in total. The highest BCUT2D eigenvalue weighted by Crippen LogP contribution is 2.33. The molecular formula is C23H28F3N3O. The molecular weight excluding hydrogens is 391 g/mol. The Balaban J connectivity index is 1.61. The van der Waals surface area contributed by atoms with Crippen LogP contribution in [0.3, 0.4) is 0 Å². The number of halogens is 3. The van der Waals surface area contributed by atoms with Crippen LogP contribution in [-0.2, 0) is 17.5 Å². The van der Waals surface area contributed by atoms with Crippen molar-refractivity contribution >= 4 is 11.6 Å². The minimum atomic E-state index is -4.43. The van der Waals surface area contributed by atoms with Gasteiger partial charge in [-0.25, -0.2) is 0 Å². The summed E-state index contributed by atoms with van der Waals surface area (Å²) < 4.78 is 38.7. The molecule has 0 aromatic heterocycles. The summed E-state index contributed by atoms with van der Waals surface area (Å²) in [4.78, 5) is 17.1. The Morgan fingerprint density at radius 1 is 1.07 bits per heavy atom. The Morgan fingerprint density at radius 3 is 2.33 bits per heavy atom. The monoisotopic (exact) mass is 419 g/mol. The summed E-state index contributed by atoms with van der Waals surface area (Å²) in [5.41, 5.74) is 0.359. The molecule has 0 saturated carbocycles. The Bertz CT molecular complexity index is 844. The molecule has 0 unspecified atom stereocenters. The normalized spacial score (nSPS) is 17.1. The summed E-state index contributed by atoms with van der Waals surface area (Å²) in [6, 6.07) is 15.0. The van der Waals surface area contributed by atoms with Crippen LogP contribution in [0.15, 0.2) is 54.6 Å². The average molecular weight is 419 g/mol. The Morgan fingerprint density at radius 2 is 1.73 bits per heavy atom. The Hall–Kier alpha value is -2.38. The Labute approximate surface area is 175 Å². The van der Waals surface area contributed by atoms with Crippen LogP contribution in [-0.4, -0.2) is 48.4 Å². The molecule has 0 aliphatic carbocycles. The van der Waals surface area contributed by atoms with Gasteiger partial charge in [0.1, 0.15) is 0 Å². The number of benzene rings is 2. The van der Waals surface area contributed by atoms with E-state index in [-0.39, 0.29) is 23.6 Å². The quantitative estimate of drug-likeness (QED) is 0.742. The first-order chi connectivity index (χ1) is 14.2. The van der Waals surface area contributed by atoms with Crippen LogP contribution in [0.25, 0.3) is 0 Å². The number of alkyl halides is 3. The molecule has 0 bridgehead atoms. The van der Waals surface area contributed by atoms with E-state index in [2.05, 4.69) is 27.2 Å². The molecule has 1 heterocycles. The van der Waals surface area contributed by atoms with E-state index in [1.54, 1.807) is 0 Å². The maximum atomic E-state index is 12.9. The molecule has 30 heavy (non-hydrogen) atoms. The van der Waals surface area contributed by atoms with Crippen molar-refractivity contribution in [2.24, 2.45) is 0 Å². The summed E-state index contributed by atoms with van der Waals surface area (Å²) in [6.07, 6.45) is -2.54. The average Bonchev–Trinajstić information content (AvgIpc) is 2.70. The van der Waals surface area contributed by atoms with Crippen molar-refractivity contribution in [2.75, 3.05) is 32.5 Å². The van der Waals surface area contributed by atoms with Gasteiger partial charge in [0.05, 0.1) is 5.56 Å². The standard InChI is InChI=1S/C23H28F3N3O/c1-28(2)22(11-13-29(14-12-22)17-18-7-4-3-5-8-18)16-21(30)27-20-10-6-9-19(15-20)23(24,25)26/h3-10,15H,11-14,16-17H2,1-2H3,(H,27,30). The lowest BCUT2D eigenvalue weighted by Gasteiger charge is -2.46. The van der Waals surface area contributed by atoms with E-state index in [4.69, 9.17) is 0 Å². The molecule has 1 aliphatic heterocycles. The lowest BCUT2D eigenvalue weighted by Crippen LogP contribution is -2.54. The lowest BCUT2D eigenvalue weighted by molar-refractivity contribution is -0.137. The first-order valence-corrected chi connectivity index (χ1v) is 10.1. The maximum absolute atomic E-state index is 12.9. The van der Waals surface area contributed by atoms with Crippen molar-refractivity contribution in [1.29, 1.82) is 0 Å². The molecule has 1 fully saturated rings. The van der Waals surface area contributed by atoms with E-state index in [1.165, 1.54) is 17.7 Å². The van der Waals surface area contributed by atoms with Crippen LogP contribution in [0, 0.1) is 0 Å². The van der Waals surface area contributed by atoms with E-state index in [0.717, 1.165) is 44.6 Å². The van der Waals surface area contributed by atoms with Crippen LogP contribution in [0.4, 0.5) is 18.9 Å². The third-order valence-corrected chi connectivity index (χ3v) is 5.95. The molecule has 0 spiro atoms. The van der Waals surface area contributed by atoms with Gasteiger partial charge in [0.2, 0.25) is 5.91 Å². The van der Waals surface area contributed by atoms with Gasteiger partial charge in [-0.15, -0.1) is 0 Å². The number of carbonyl (C=O) groups is 1. The van der Waals surface area contributed by atoms with Crippen LogP contribution in [0.1, 0.15) is 30.4 Å². The van der Waals surface area contributed by atoms with E-state index < -0.39 is 11.7 Å². The second kappa shape index (κ2) is 9.18. The number of hydrogen-bond acceptors (Lipinski definition) is 3. The van der Waals surface area contributed by atoms with Crippen molar-refractivity contribution in [1.82, 2.24) is 9.80 Å². The van der Waals surface area contributed by atoms with Crippen molar-refractivity contribution in [3.8, 4) is 0 Å². The number of hydrogen-bond donors (Lipinski definition) is 1. The largest absolute Gasteiger partial charge is 0.416 e. The maximum Gasteiger partial charge on any atom is 0.416 e. The smallest absolute Gasteiger partial charge is 0.326 e. The highest BCUT2D eigenvalue weighted by molar-refractivity contribution is 5.91. The molecule has 3 rings (SSSR count). The van der Waals surface area contributed by atoms with Gasteiger partial charge >= 0.3 is 6.18 Å². The van der Waals surface area contributed by atoms with Crippen molar-refractivity contribution in [2.45, 2.75) is 37.5 Å². The summed E-state index contributed by atoms with van der Waals surface area (Å²) in [5, 5.41) is 2.65. The molecule has 1 saturated heterocycles. The number of nitrogens with zero attached hydrogens (tertiary/aromatic N) is 2. The fraction of sp³-hybridized carbons (Fsp3) is 0.435. The lowest BCUT2D eigenvalue weighted by atomic mass is 9.82. The van der Waals surface area contributed by atoms with E-state index in [9.17, 15) is 18.0 Å². The van der Waals surface area contributed by atoms with Gasteiger partial charge in [-0.05, 0) is 50.7 Å². The molecule has 2 aromatic rings. The third kappa shape index (κ3) is 5.61. The van der Waals surface area contributed by atoms with Crippen molar-refractivity contribution in [3.05, 3.63) is 65.7 Å². The first-order valence-electron chi connectivity index (χ1n) is 10.1. The molecule has 1 amide bonds. The van der Waals surface area contributed by atoms with Gasteiger partial charge < -0.3 is 10.2 Å². The van der Waals surface area contributed by atoms with Crippen LogP contribution < -0.4 is 5.32 Å². The fourth-order valence-electron chi connectivity index (χ4n) is 4.03. The molecule has 1 aliphatic rings. The molecule has 0 radical (unpaired) electrons. The van der Waals surface area contributed by atoms with Gasteiger partial charge in [-0.1, -0.05) is 36.4 Å². The molecule has 7 heteroatoms. The van der Waals surface area contributed by atoms with Gasteiger partial charge in [-0.2, -0.15) is 13.2 Å². The third-order valence-electron chi connectivity index (χ3n) is 5.95. The highest BCUT2D eigenvalue weighted by atomic mass is 19.4. The van der Waals surface area contributed by atoms with E-state index >= 15 is 0 Å². The van der Waals surface area contributed by atoms with Gasteiger partial charge in [0.25, 0.3) is 0 Å². The number of nitrogens with one attached hydrogen (secondary N) is 1. The predicted octanol–water partition coefficient (Wildman–Crippen LogP) is 4.63. The molecule has 2 aromatic carbocycles. The summed E-state index contributed by atoms with van der Waals surface area (Å²) in [5.74, 6) is -0.264. The number of rotatable bonds is 6. The van der Waals surface area contributed by atoms with Crippen LogP contribution in [0.2, 0.25) is 0 Å². The summed E-state index contributed by atoms with van der Waals surface area (Å²) in [6.45, 7) is 2.61. The highest BCUT2D eigenvalue weighted by Gasteiger charge is 2.38. The topological polar surface area (TPSA) is 35.6 Å². The van der Waals surface area contributed by atoms with Gasteiger partial charge in [0.15, 0.2) is 0 Å². The van der Waals surface area contributed by atoms with E-state index in [0.29, 0.717) is 0 Å². The zero-order chi connectivity index (χ0) is 21.8. The minimum absolute atomic E-state index is 0.172. The molecule has 162 valence electrons. The summed E-state index contributed by atoms with van der Waals surface area (Å²) >= 11 is 0. The molecule has 0 atom stereocenters. The zero-order valence-corrected chi connectivity index (χ0v) is 17.4. The van der Waals surface area contributed by atoms with Crippen molar-refractivity contribution in [3.63, 3.8) is 0 Å².